The van der Waals surface area contributed by atoms with E-state index in [1.54, 1.807) is 6.20 Å². The molecule has 0 saturated heterocycles. The summed E-state index contributed by atoms with van der Waals surface area (Å²) in [6.07, 6.45) is 4.62. The molecule has 0 fully saturated rings. The van der Waals surface area contributed by atoms with Crippen LogP contribution in [0.5, 0.6) is 0 Å². The summed E-state index contributed by atoms with van der Waals surface area (Å²) in [5.74, 6) is 0.691. The maximum atomic E-state index is 12.7. The van der Waals surface area contributed by atoms with Gasteiger partial charge in [0, 0.05) is 43.6 Å². The molecule has 2 aromatic rings. The Morgan fingerprint density at radius 1 is 1.18 bits per heavy atom. The molecule has 28 heavy (non-hydrogen) atoms. The Labute approximate surface area is 183 Å². The number of hydrogen-bond acceptors (Lipinski definition) is 3. The molecule has 150 valence electrons. The molecule has 1 aliphatic heterocycles. The second-order valence-corrected chi connectivity index (χ2v) is 6.47. The number of halogens is 1. The smallest absolute Gasteiger partial charge is 0.248 e. The van der Waals surface area contributed by atoms with Gasteiger partial charge in [-0.15, -0.1) is 24.0 Å². The van der Waals surface area contributed by atoms with Crippen LogP contribution in [0.3, 0.4) is 0 Å². The SMILES string of the molecule is CCNC(=NCC(=O)N1CCCc2ccccc21)NCCc1ccccn1.I. The van der Waals surface area contributed by atoms with Crippen molar-refractivity contribution in [2.45, 2.75) is 26.2 Å². The molecule has 0 unspecified atom stereocenters. The first-order valence-corrected chi connectivity index (χ1v) is 9.58. The fraction of sp³-hybridized carbons (Fsp3) is 0.381. The third-order valence-electron chi connectivity index (χ3n) is 4.53. The Hall–Kier alpha value is -2.16. The normalized spacial score (nSPS) is 13.3. The number of hydrogen-bond donors (Lipinski definition) is 2. The van der Waals surface area contributed by atoms with Crippen LogP contribution in [-0.4, -0.2) is 43.0 Å². The average molecular weight is 493 g/mol. The second kappa shape index (κ2) is 11.6. The van der Waals surface area contributed by atoms with Crippen LogP contribution in [0.1, 0.15) is 24.6 Å². The molecule has 2 N–H and O–H groups in total. The number of nitrogens with one attached hydrogen (secondary N) is 2. The zero-order valence-electron chi connectivity index (χ0n) is 16.2. The Kier molecular flexibility index (Phi) is 9.19. The van der Waals surface area contributed by atoms with E-state index in [9.17, 15) is 4.79 Å². The first-order chi connectivity index (χ1) is 13.3. The van der Waals surface area contributed by atoms with Crippen LogP contribution in [0.2, 0.25) is 0 Å². The molecule has 0 spiro atoms. The lowest BCUT2D eigenvalue weighted by atomic mass is 10.0. The van der Waals surface area contributed by atoms with Crippen molar-refractivity contribution in [3.05, 3.63) is 59.9 Å². The molecule has 0 radical (unpaired) electrons. The lowest BCUT2D eigenvalue weighted by Crippen LogP contribution is -2.41. The number of nitrogens with zero attached hydrogens (tertiary/aromatic N) is 3. The number of aliphatic imine (C=N–C) groups is 1. The first kappa shape index (κ1) is 22.1. The Bertz CT molecular complexity index is 781. The predicted octanol–water partition coefficient (Wildman–Crippen LogP) is 2.78. The van der Waals surface area contributed by atoms with E-state index in [1.165, 1.54) is 5.56 Å². The third kappa shape index (κ3) is 6.19. The highest BCUT2D eigenvalue weighted by molar-refractivity contribution is 14.0. The summed E-state index contributed by atoms with van der Waals surface area (Å²) in [5, 5.41) is 6.47. The number of carbonyl (C=O) groups is 1. The van der Waals surface area contributed by atoms with E-state index in [0.717, 1.165) is 43.7 Å². The number of guanidine groups is 1. The van der Waals surface area contributed by atoms with Crippen LogP contribution < -0.4 is 15.5 Å². The number of para-hydroxylation sites is 1. The van der Waals surface area contributed by atoms with E-state index in [0.29, 0.717) is 12.5 Å². The second-order valence-electron chi connectivity index (χ2n) is 6.47. The van der Waals surface area contributed by atoms with Gasteiger partial charge in [0.15, 0.2) is 5.96 Å². The van der Waals surface area contributed by atoms with Gasteiger partial charge in [0.25, 0.3) is 0 Å². The zero-order chi connectivity index (χ0) is 18.9. The van der Waals surface area contributed by atoms with Crippen molar-refractivity contribution >= 4 is 41.5 Å². The number of anilines is 1. The van der Waals surface area contributed by atoms with Gasteiger partial charge >= 0.3 is 0 Å². The van der Waals surface area contributed by atoms with Crippen LogP contribution in [0.25, 0.3) is 0 Å². The summed E-state index contributed by atoms with van der Waals surface area (Å²) in [4.78, 5) is 23.4. The Morgan fingerprint density at radius 2 is 2.00 bits per heavy atom. The number of fused-ring (bicyclic) bond motifs is 1. The molecule has 1 amide bonds. The summed E-state index contributed by atoms with van der Waals surface area (Å²) in [5.41, 5.74) is 3.29. The quantitative estimate of drug-likeness (QED) is 0.369. The molecule has 0 saturated carbocycles. The monoisotopic (exact) mass is 493 g/mol. The maximum absolute atomic E-state index is 12.7. The van der Waals surface area contributed by atoms with Gasteiger partial charge in [-0.3, -0.25) is 9.78 Å². The molecule has 6 nitrogen and oxygen atoms in total. The van der Waals surface area contributed by atoms with Crippen molar-refractivity contribution < 1.29 is 4.79 Å². The Balaban J connectivity index is 0.00000280. The molecule has 1 aliphatic rings. The molecule has 3 rings (SSSR count). The minimum absolute atomic E-state index is 0. The van der Waals surface area contributed by atoms with E-state index in [-0.39, 0.29) is 36.4 Å². The summed E-state index contributed by atoms with van der Waals surface area (Å²) in [6, 6.07) is 14.0. The van der Waals surface area contributed by atoms with E-state index in [1.807, 2.05) is 48.2 Å². The van der Waals surface area contributed by atoms with Gasteiger partial charge < -0.3 is 15.5 Å². The number of rotatable bonds is 6. The summed E-state index contributed by atoms with van der Waals surface area (Å²) < 4.78 is 0. The topological polar surface area (TPSA) is 69.6 Å². The molecular formula is C21H28IN5O. The molecular weight excluding hydrogens is 465 g/mol. The minimum atomic E-state index is 0. The summed E-state index contributed by atoms with van der Waals surface area (Å²) in [7, 11) is 0. The molecule has 0 aliphatic carbocycles. The van der Waals surface area contributed by atoms with Crippen LogP contribution in [-0.2, 0) is 17.6 Å². The highest BCUT2D eigenvalue weighted by atomic mass is 127. The van der Waals surface area contributed by atoms with Crippen molar-refractivity contribution in [3.63, 3.8) is 0 Å². The average Bonchev–Trinajstić information content (AvgIpc) is 2.72. The molecule has 2 heterocycles. The lowest BCUT2D eigenvalue weighted by molar-refractivity contribution is -0.117. The van der Waals surface area contributed by atoms with Gasteiger partial charge in [0.2, 0.25) is 5.91 Å². The van der Waals surface area contributed by atoms with Crippen LogP contribution >= 0.6 is 24.0 Å². The lowest BCUT2D eigenvalue weighted by Gasteiger charge is -2.29. The Morgan fingerprint density at radius 3 is 2.79 bits per heavy atom. The number of aryl methyl sites for hydroxylation is 1. The van der Waals surface area contributed by atoms with E-state index in [4.69, 9.17) is 0 Å². The number of pyridine rings is 1. The van der Waals surface area contributed by atoms with Crippen molar-refractivity contribution in [2.75, 3.05) is 31.1 Å². The minimum Gasteiger partial charge on any atom is -0.357 e. The van der Waals surface area contributed by atoms with Crippen LogP contribution in [0.15, 0.2) is 53.7 Å². The van der Waals surface area contributed by atoms with Crippen LogP contribution in [0.4, 0.5) is 5.69 Å². The maximum Gasteiger partial charge on any atom is 0.248 e. The number of amides is 1. The highest BCUT2D eigenvalue weighted by Crippen LogP contribution is 2.26. The fourth-order valence-electron chi connectivity index (χ4n) is 3.22. The molecule has 7 heteroatoms. The van der Waals surface area contributed by atoms with Crippen molar-refractivity contribution in [3.8, 4) is 0 Å². The summed E-state index contributed by atoms with van der Waals surface area (Å²) in [6.45, 7) is 4.36. The predicted molar refractivity (Wildman–Crippen MR) is 124 cm³/mol. The van der Waals surface area contributed by atoms with E-state index >= 15 is 0 Å². The highest BCUT2D eigenvalue weighted by Gasteiger charge is 2.21. The first-order valence-electron chi connectivity index (χ1n) is 9.58. The van der Waals surface area contributed by atoms with Gasteiger partial charge in [-0.05, 0) is 43.5 Å². The van der Waals surface area contributed by atoms with Crippen LogP contribution in [0, 0.1) is 0 Å². The molecule has 0 bridgehead atoms. The fourth-order valence-corrected chi connectivity index (χ4v) is 3.22. The van der Waals surface area contributed by atoms with Gasteiger partial charge in [0.05, 0.1) is 0 Å². The van der Waals surface area contributed by atoms with E-state index < -0.39 is 0 Å². The molecule has 0 atom stereocenters. The van der Waals surface area contributed by atoms with Gasteiger partial charge in [-0.25, -0.2) is 4.99 Å². The van der Waals surface area contributed by atoms with Crippen molar-refractivity contribution in [1.29, 1.82) is 0 Å². The molecule has 1 aromatic heterocycles. The number of aromatic nitrogens is 1. The number of benzene rings is 1. The van der Waals surface area contributed by atoms with Crippen molar-refractivity contribution in [2.24, 2.45) is 4.99 Å². The van der Waals surface area contributed by atoms with Gasteiger partial charge in [0.1, 0.15) is 6.54 Å². The van der Waals surface area contributed by atoms with E-state index in [2.05, 4.69) is 26.7 Å². The van der Waals surface area contributed by atoms with Crippen molar-refractivity contribution in [1.82, 2.24) is 15.6 Å². The summed E-state index contributed by atoms with van der Waals surface area (Å²) >= 11 is 0. The third-order valence-corrected chi connectivity index (χ3v) is 4.53. The van der Waals surface area contributed by atoms with Gasteiger partial charge in [-0.2, -0.15) is 0 Å². The molecule has 1 aromatic carbocycles. The zero-order valence-corrected chi connectivity index (χ0v) is 18.6. The largest absolute Gasteiger partial charge is 0.357 e. The van der Waals surface area contributed by atoms with Gasteiger partial charge in [-0.1, -0.05) is 24.3 Å². The number of carbonyl (C=O) groups excluding carboxylic acids is 1. The standard InChI is InChI=1S/C21H27N5O.HI/c1-2-22-21(24-14-12-18-10-5-6-13-23-18)25-16-20(27)26-15-7-9-17-8-3-4-11-19(17)26;/h3-6,8,10-11,13H,2,7,9,12,14-16H2,1H3,(H2,22,24,25);1H.